The van der Waals surface area contributed by atoms with Crippen LogP contribution in [0, 0.1) is 17.9 Å². The van der Waals surface area contributed by atoms with Crippen LogP contribution in [-0.2, 0) is 0 Å². The largest absolute Gasteiger partial charge is 0.307 e. The Kier molecular flexibility index (Phi) is 7.29. The average molecular weight is 762 g/mol. The molecule has 0 aliphatic carbocycles. The molecule has 0 atom stereocenters. The third-order valence-electron chi connectivity index (χ3n) is 12.2. The molecule has 0 radical (unpaired) electrons. The van der Waals surface area contributed by atoms with E-state index in [0.717, 1.165) is 87.7 Å². The molecule has 9 aromatic carbocycles. The van der Waals surface area contributed by atoms with Crippen molar-refractivity contribution in [2.75, 3.05) is 0 Å². The van der Waals surface area contributed by atoms with Gasteiger partial charge in [-0.1, -0.05) is 158 Å². The summed E-state index contributed by atoms with van der Waals surface area (Å²) >= 11 is 0. The van der Waals surface area contributed by atoms with Crippen molar-refractivity contribution in [2.45, 2.75) is 0 Å². The average Bonchev–Trinajstić information content (AvgIpc) is 3.84. The zero-order valence-corrected chi connectivity index (χ0v) is 32.1. The van der Waals surface area contributed by atoms with Gasteiger partial charge in [0.25, 0.3) is 0 Å². The van der Waals surface area contributed by atoms with Crippen LogP contribution in [0.15, 0.2) is 188 Å². The van der Waals surface area contributed by atoms with E-state index in [2.05, 4.69) is 147 Å². The van der Waals surface area contributed by atoms with Crippen molar-refractivity contribution in [3.8, 4) is 50.8 Å². The smallest absolute Gasteiger partial charge is 0.220 e. The Morgan fingerprint density at radius 1 is 0.450 bits per heavy atom. The molecule has 0 saturated heterocycles. The quantitative estimate of drug-likeness (QED) is 0.130. The van der Waals surface area contributed by atoms with Crippen LogP contribution < -0.4 is 0 Å². The lowest BCUT2D eigenvalue weighted by Gasteiger charge is -2.25. The highest BCUT2D eigenvalue weighted by Crippen LogP contribution is 2.53. The Balaban J connectivity index is 1.36. The van der Waals surface area contributed by atoms with Gasteiger partial charge in [-0.25, -0.2) is 9.83 Å². The summed E-state index contributed by atoms with van der Waals surface area (Å²) in [4.78, 5) is 9.64. The molecular weight excluding hydrogens is 731 g/mol. The molecule has 276 valence electrons. The van der Waals surface area contributed by atoms with E-state index in [4.69, 9.17) is 11.6 Å². The zero-order chi connectivity index (χ0) is 39.9. The van der Waals surface area contributed by atoms with E-state index in [1.54, 1.807) is 0 Å². The highest BCUT2D eigenvalue weighted by Gasteiger charge is 2.32. The summed E-state index contributed by atoms with van der Waals surface area (Å²) < 4.78 is 4.48. The maximum atomic E-state index is 11.7. The third-order valence-corrected chi connectivity index (χ3v) is 12.2. The van der Waals surface area contributed by atoms with Crippen molar-refractivity contribution >= 4 is 71.0 Å². The summed E-state index contributed by atoms with van der Waals surface area (Å²) in [5, 5.41) is 20.5. The molecule has 3 heterocycles. The lowest BCUT2D eigenvalue weighted by Crippen LogP contribution is -2.09. The monoisotopic (exact) mass is 761 g/mol. The first kappa shape index (κ1) is 33.6. The van der Waals surface area contributed by atoms with Gasteiger partial charge in [0, 0.05) is 38.9 Å². The predicted octanol–water partition coefficient (Wildman–Crippen LogP) is 14.4. The molecule has 0 spiro atoms. The molecule has 5 heteroatoms. The molecule has 0 aliphatic heterocycles. The first-order valence-electron chi connectivity index (χ1n) is 20.0. The molecule has 0 N–H and O–H groups in total. The van der Waals surface area contributed by atoms with Crippen LogP contribution in [0.4, 0.5) is 5.69 Å². The zero-order valence-electron chi connectivity index (χ0n) is 32.1. The Morgan fingerprint density at radius 2 is 1.02 bits per heavy atom. The Morgan fingerprint density at radius 3 is 1.70 bits per heavy atom. The van der Waals surface area contributed by atoms with E-state index in [1.165, 1.54) is 5.39 Å². The maximum absolute atomic E-state index is 11.7. The number of hydrogen-bond acceptors (Lipinski definition) is 2. The van der Waals surface area contributed by atoms with Crippen molar-refractivity contribution < 1.29 is 0 Å². The second-order valence-electron chi connectivity index (χ2n) is 15.2. The number of fused-ring (bicyclic) bond motifs is 6. The molecule has 0 amide bonds. The maximum Gasteiger partial charge on any atom is 0.220 e. The van der Waals surface area contributed by atoms with Gasteiger partial charge in [-0.3, -0.25) is 0 Å². The fourth-order valence-corrected chi connectivity index (χ4v) is 9.75. The highest BCUT2D eigenvalue weighted by atomic mass is 15.1. The number of para-hydroxylation sites is 1. The fraction of sp³-hybridized carbons (Fsp3) is 0. The first-order valence-corrected chi connectivity index (χ1v) is 20.0. The summed E-state index contributed by atoms with van der Waals surface area (Å²) in [5.41, 5.74) is 11.0. The van der Waals surface area contributed by atoms with Gasteiger partial charge >= 0.3 is 0 Å². The normalized spacial score (nSPS) is 11.6. The van der Waals surface area contributed by atoms with E-state index >= 15 is 0 Å². The van der Waals surface area contributed by atoms with Crippen molar-refractivity contribution in [2.24, 2.45) is 0 Å². The van der Waals surface area contributed by atoms with E-state index in [9.17, 15) is 5.26 Å². The van der Waals surface area contributed by atoms with E-state index in [0.29, 0.717) is 28.2 Å². The second-order valence-corrected chi connectivity index (χ2v) is 15.2. The Bertz CT molecular complexity index is 3680. The lowest BCUT2D eigenvalue weighted by molar-refractivity contribution is 1.12. The minimum Gasteiger partial charge on any atom is -0.307 e. The van der Waals surface area contributed by atoms with Crippen LogP contribution in [-0.4, -0.2) is 14.1 Å². The van der Waals surface area contributed by atoms with Crippen LogP contribution in [0.2, 0.25) is 0 Å². The SMILES string of the molecule is [C-]#[N+]c1c(-c2ccccc2)c(C#N)c(-n2c3ccccc3c3ccc(-c4ccccc4)cc32)c(-c2ccccc2)c1-n1c2cccc3c4ccccc4c4ccnc1c4c32. The van der Waals surface area contributed by atoms with Gasteiger partial charge < -0.3 is 9.13 Å². The van der Waals surface area contributed by atoms with Crippen LogP contribution >= 0.6 is 0 Å². The highest BCUT2D eigenvalue weighted by molar-refractivity contribution is 6.34. The van der Waals surface area contributed by atoms with Gasteiger partial charge in [-0.15, -0.1) is 0 Å². The van der Waals surface area contributed by atoms with Crippen LogP contribution in [0.3, 0.4) is 0 Å². The standard InChI is InChI=1S/C55H31N5/c1-57-52-48(35-18-7-3-8-19-35)44(33-56)53(59-45-26-14-13-24-40(45)41-29-28-37(32-47(41)59)34-16-5-2-6-17-34)49(36-20-9-4-10-21-36)54(52)60-46-27-15-25-42-38-22-11-12-23-39(38)43-30-31-58-55(60)51(43)50(42)46/h2-32H. The number of nitrogens with zero attached hydrogens (tertiary/aromatic N) is 5. The number of rotatable bonds is 5. The molecule has 0 bridgehead atoms. The molecular formula is C55H31N5. The van der Waals surface area contributed by atoms with Crippen LogP contribution in [0.5, 0.6) is 0 Å². The van der Waals surface area contributed by atoms with Crippen molar-refractivity contribution in [3.63, 3.8) is 0 Å². The van der Waals surface area contributed by atoms with Gasteiger partial charge in [0.15, 0.2) is 0 Å². The molecule has 0 fully saturated rings. The van der Waals surface area contributed by atoms with Crippen LogP contribution in [0.25, 0.3) is 115 Å². The van der Waals surface area contributed by atoms with E-state index in [-0.39, 0.29) is 0 Å². The van der Waals surface area contributed by atoms with Gasteiger partial charge in [0.2, 0.25) is 5.69 Å². The molecule has 0 unspecified atom stereocenters. The Hall–Kier alpha value is -8.51. The summed E-state index contributed by atoms with van der Waals surface area (Å²) in [7, 11) is 0. The summed E-state index contributed by atoms with van der Waals surface area (Å²) in [6, 6.07) is 65.5. The molecule has 0 aliphatic rings. The lowest BCUT2D eigenvalue weighted by atomic mass is 9.88. The number of benzene rings is 9. The number of pyridine rings is 1. The summed E-state index contributed by atoms with van der Waals surface area (Å²) in [6.45, 7) is 9.13. The number of hydrogen-bond donors (Lipinski definition) is 0. The third kappa shape index (κ3) is 4.63. The predicted molar refractivity (Wildman–Crippen MR) is 246 cm³/mol. The van der Waals surface area contributed by atoms with Gasteiger partial charge in [0.05, 0.1) is 40.1 Å². The molecule has 60 heavy (non-hydrogen) atoms. The Labute approximate surface area is 345 Å². The molecule has 12 rings (SSSR count). The second kappa shape index (κ2) is 13.0. The minimum atomic E-state index is 0.388. The van der Waals surface area contributed by atoms with E-state index in [1.807, 2.05) is 60.8 Å². The van der Waals surface area contributed by atoms with Gasteiger partial charge in [0.1, 0.15) is 11.7 Å². The fourth-order valence-electron chi connectivity index (χ4n) is 9.75. The van der Waals surface area contributed by atoms with Crippen molar-refractivity contribution in [3.05, 3.63) is 205 Å². The van der Waals surface area contributed by atoms with Crippen molar-refractivity contribution in [1.29, 1.82) is 5.26 Å². The van der Waals surface area contributed by atoms with Crippen LogP contribution in [0.1, 0.15) is 5.56 Å². The first-order chi connectivity index (χ1) is 29.7. The van der Waals surface area contributed by atoms with Gasteiger partial charge in [-0.05, 0) is 68.1 Å². The summed E-state index contributed by atoms with van der Waals surface area (Å²) in [6.07, 6.45) is 1.88. The molecule has 3 aromatic heterocycles. The topological polar surface area (TPSA) is 50.9 Å². The van der Waals surface area contributed by atoms with Gasteiger partial charge in [-0.2, -0.15) is 5.26 Å². The van der Waals surface area contributed by atoms with E-state index < -0.39 is 0 Å². The molecule has 12 aromatic rings. The van der Waals surface area contributed by atoms with Crippen molar-refractivity contribution in [1.82, 2.24) is 14.1 Å². The summed E-state index contributed by atoms with van der Waals surface area (Å²) in [5.74, 6) is 0. The number of nitriles is 1. The molecule has 0 saturated carbocycles. The minimum absolute atomic E-state index is 0.388. The number of aromatic nitrogens is 3. The molecule has 5 nitrogen and oxygen atoms in total.